The minimum Gasteiger partial charge on any atom is -0.366 e. The fourth-order valence-electron chi connectivity index (χ4n) is 2.35. The maximum Gasteiger partial charge on any atom is 0.255 e. The van der Waals surface area contributed by atoms with E-state index in [2.05, 4.69) is 15.6 Å². The Labute approximate surface area is 149 Å². The average Bonchev–Trinajstić information content (AvgIpc) is 2.64. The average molecular weight is 353 g/mol. The van der Waals surface area contributed by atoms with Gasteiger partial charge in [-0.3, -0.25) is 4.79 Å². The van der Waals surface area contributed by atoms with Gasteiger partial charge in [0, 0.05) is 24.4 Å². The van der Waals surface area contributed by atoms with Gasteiger partial charge in [0.2, 0.25) is 0 Å². The van der Waals surface area contributed by atoms with Crippen LogP contribution in [0.3, 0.4) is 0 Å². The first kappa shape index (κ1) is 17.5. The topological polar surface area (TPSA) is 54.0 Å². The van der Waals surface area contributed by atoms with Crippen molar-refractivity contribution < 1.29 is 13.6 Å². The lowest BCUT2D eigenvalue weighted by atomic mass is 10.1. The largest absolute Gasteiger partial charge is 0.366 e. The SMILES string of the molecule is Cc1ccc(CNc2cc(C(=O)Nc3ccc(F)cc3F)ccn2)cc1. The molecule has 3 aromatic rings. The first-order valence-corrected chi connectivity index (χ1v) is 8.03. The van der Waals surface area contributed by atoms with Crippen molar-refractivity contribution in [3.8, 4) is 0 Å². The molecule has 2 N–H and O–H groups in total. The van der Waals surface area contributed by atoms with E-state index >= 15 is 0 Å². The van der Waals surface area contributed by atoms with Gasteiger partial charge in [0.25, 0.3) is 5.91 Å². The summed E-state index contributed by atoms with van der Waals surface area (Å²) >= 11 is 0. The Kier molecular flexibility index (Phi) is 5.22. The van der Waals surface area contributed by atoms with Gasteiger partial charge in [-0.15, -0.1) is 0 Å². The lowest BCUT2D eigenvalue weighted by Crippen LogP contribution is -2.14. The Bertz CT molecular complexity index is 927. The summed E-state index contributed by atoms with van der Waals surface area (Å²) in [5.41, 5.74) is 2.50. The number of nitrogens with one attached hydrogen (secondary N) is 2. The molecule has 0 saturated heterocycles. The van der Waals surface area contributed by atoms with Crippen LogP contribution in [0.4, 0.5) is 20.3 Å². The van der Waals surface area contributed by atoms with E-state index in [1.807, 2.05) is 31.2 Å². The molecule has 4 nitrogen and oxygen atoms in total. The molecular formula is C20H17F2N3O. The van der Waals surface area contributed by atoms with Crippen LogP contribution in [0.2, 0.25) is 0 Å². The molecule has 0 bridgehead atoms. The van der Waals surface area contributed by atoms with Gasteiger partial charge in [0.1, 0.15) is 17.5 Å². The number of hydrogen-bond donors (Lipinski definition) is 2. The van der Waals surface area contributed by atoms with Gasteiger partial charge in [0.05, 0.1) is 5.69 Å². The number of hydrogen-bond acceptors (Lipinski definition) is 3. The van der Waals surface area contributed by atoms with Gasteiger partial charge in [-0.05, 0) is 36.8 Å². The standard InChI is InChI=1S/C20H17F2N3O/c1-13-2-4-14(5-3-13)12-24-19-10-15(8-9-23-19)20(26)25-18-7-6-16(21)11-17(18)22/h2-11H,12H2,1H3,(H,23,24)(H,25,26). The summed E-state index contributed by atoms with van der Waals surface area (Å²) in [6.45, 7) is 2.58. The van der Waals surface area contributed by atoms with Crippen LogP contribution in [0, 0.1) is 18.6 Å². The van der Waals surface area contributed by atoms with E-state index in [1.165, 1.54) is 23.9 Å². The van der Waals surface area contributed by atoms with Crippen LogP contribution in [-0.2, 0) is 6.54 Å². The number of nitrogens with zero attached hydrogens (tertiary/aromatic N) is 1. The third-order valence-electron chi connectivity index (χ3n) is 3.80. The second-order valence-corrected chi connectivity index (χ2v) is 5.85. The number of benzene rings is 2. The van der Waals surface area contributed by atoms with Crippen LogP contribution in [0.25, 0.3) is 0 Å². The van der Waals surface area contributed by atoms with Crippen LogP contribution in [0.5, 0.6) is 0 Å². The molecule has 3 rings (SSSR count). The first-order valence-electron chi connectivity index (χ1n) is 8.03. The third kappa shape index (κ3) is 4.42. The summed E-state index contributed by atoms with van der Waals surface area (Å²) in [5.74, 6) is -1.51. The Hall–Kier alpha value is -3.28. The summed E-state index contributed by atoms with van der Waals surface area (Å²) in [7, 11) is 0. The summed E-state index contributed by atoms with van der Waals surface area (Å²) in [4.78, 5) is 16.5. The highest BCUT2D eigenvalue weighted by Crippen LogP contribution is 2.17. The second kappa shape index (κ2) is 7.74. The summed E-state index contributed by atoms with van der Waals surface area (Å²) in [5, 5.41) is 5.57. The minimum atomic E-state index is -0.829. The van der Waals surface area contributed by atoms with E-state index in [-0.39, 0.29) is 5.69 Å². The van der Waals surface area contributed by atoms with Crippen molar-refractivity contribution >= 4 is 17.4 Å². The number of rotatable bonds is 5. The first-order chi connectivity index (χ1) is 12.5. The van der Waals surface area contributed by atoms with Gasteiger partial charge < -0.3 is 10.6 Å². The summed E-state index contributed by atoms with van der Waals surface area (Å²) in [6.07, 6.45) is 1.49. The molecule has 132 valence electrons. The Balaban J connectivity index is 1.67. The fraction of sp³-hybridized carbons (Fsp3) is 0.100. The maximum atomic E-state index is 13.7. The van der Waals surface area contributed by atoms with Gasteiger partial charge in [-0.2, -0.15) is 0 Å². The number of anilines is 2. The molecule has 6 heteroatoms. The molecule has 1 amide bonds. The van der Waals surface area contributed by atoms with E-state index in [0.717, 1.165) is 17.7 Å². The lowest BCUT2D eigenvalue weighted by molar-refractivity contribution is 0.102. The molecule has 0 unspecified atom stereocenters. The molecule has 0 spiro atoms. The number of carbonyl (C=O) groups excluding carboxylic acids is 1. The van der Waals surface area contributed by atoms with E-state index in [9.17, 15) is 13.6 Å². The summed E-state index contributed by atoms with van der Waals surface area (Å²) < 4.78 is 26.6. The summed E-state index contributed by atoms with van der Waals surface area (Å²) in [6, 6.07) is 14.1. The maximum absolute atomic E-state index is 13.7. The monoisotopic (exact) mass is 353 g/mol. The highest BCUT2D eigenvalue weighted by Gasteiger charge is 2.11. The van der Waals surface area contributed by atoms with Crippen molar-refractivity contribution in [1.82, 2.24) is 4.98 Å². The van der Waals surface area contributed by atoms with Crippen LogP contribution >= 0.6 is 0 Å². The van der Waals surface area contributed by atoms with Gasteiger partial charge >= 0.3 is 0 Å². The number of amides is 1. The third-order valence-corrected chi connectivity index (χ3v) is 3.80. The van der Waals surface area contributed by atoms with Crippen molar-refractivity contribution in [2.75, 3.05) is 10.6 Å². The Morgan fingerprint density at radius 2 is 1.81 bits per heavy atom. The van der Waals surface area contributed by atoms with Gasteiger partial charge in [-0.25, -0.2) is 13.8 Å². The second-order valence-electron chi connectivity index (χ2n) is 5.85. The van der Waals surface area contributed by atoms with E-state index in [4.69, 9.17) is 0 Å². The zero-order chi connectivity index (χ0) is 18.5. The number of carbonyl (C=O) groups is 1. The van der Waals surface area contributed by atoms with Crippen LogP contribution < -0.4 is 10.6 Å². The number of pyridine rings is 1. The van der Waals surface area contributed by atoms with E-state index in [1.54, 1.807) is 6.07 Å². The molecule has 0 radical (unpaired) electrons. The highest BCUT2D eigenvalue weighted by atomic mass is 19.1. The van der Waals surface area contributed by atoms with Crippen LogP contribution in [-0.4, -0.2) is 10.9 Å². The fourth-order valence-corrected chi connectivity index (χ4v) is 2.35. The quantitative estimate of drug-likeness (QED) is 0.708. The van der Waals surface area contributed by atoms with Crippen molar-refractivity contribution in [1.29, 1.82) is 0 Å². The molecule has 0 saturated carbocycles. The minimum absolute atomic E-state index is 0.0811. The normalized spacial score (nSPS) is 10.4. The molecule has 0 aliphatic rings. The predicted molar refractivity (Wildman–Crippen MR) is 97.1 cm³/mol. The molecule has 0 aliphatic carbocycles. The molecule has 0 fully saturated rings. The van der Waals surface area contributed by atoms with Gasteiger partial charge in [0.15, 0.2) is 0 Å². The number of aromatic nitrogens is 1. The van der Waals surface area contributed by atoms with Crippen molar-refractivity contribution in [2.45, 2.75) is 13.5 Å². The molecule has 0 atom stereocenters. The molecule has 26 heavy (non-hydrogen) atoms. The molecular weight excluding hydrogens is 336 g/mol. The van der Waals surface area contributed by atoms with Crippen molar-refractivity contribution in [2.24, 2.45) is 0 Å². The zero-order valence-corrected chi connectivity index (χ0v) is 14.1. The Morgan fingerprint density at radius 3 is 2.54 bits per heavy atom. The van der Waals surface area contributed by atoms with Gasteiger partial charge in [-0.1, -0.05) is 29.8 Å². The molecule has 0 aliphatic heterocycles. The number of halogens is 2. The lowest BCUT2D eigenvalue weighted by Gasteiger charge is -2.09. The molecule has 1 aromatic heterocycles. The van der Waals surface area contributed by atoms with E-state index in [0.29, 0.717) is 17.9 Å². The Morgan fingerprint density at radius 1 is 1.04 bits per heavy atom. The molecule has 2 aromatic carbocycles. The van der Waals surface area contributed by atoms with Crippen molar-refractivity contribution in [3.63, 3.8) is 0 Å². The predicted octanol–water partition coefficient (Wildman–Crippen LogP) is 4.53. The zero-order valence-electron chi connectivity index (χ0n) is 14.1. The van der Waals surface area contributed by atoms with E-state index < -0.39 is 17.5 Å². The van der Waals surface area contributed by atoms with Crippen LogP contribution in [0.15, 0.2) is 60.8 Å². The molecule has 1 heterocycles. The van der Waals surface area contributed by atoms with Crippen molar-refractivity contribution in [3.05, 3.63) is 89.1 Å². The van der Waals surface area contributed by atoms with Crippen LogP contribution in [0.1, 0.15) is 21.5 Å². The number of aryl methyl sites for hydroxylation is 1. The smallest absolute Gasteiger partial charge is 0.255 e. The highest BCUT2D eigenvalue weighted by molar-refractivity contribution is 6.04.